The maximum absolute atomic E-state index is 10.6. The molecule has 0 aromatic rings. The molecule has 11 heavy (non-hydrogen) atoms. The Morgan fingerprint density at radius 3 is 2.91 bits per heavy atom. The number of amides is 1. The Kier molecular flexibility index (Phi) is 2.67. The van der Waals surface area contributed by atoms with Crippen LogP contribution in [0.4, 0.5) is 4.79 Å². The van der Waals surface area contributed by atoms with E-state index in [9.17, 15) is 9.90 Å². The summed E-state index contributed by atoms with van der Waals surface area (Å²) in [4.78, 5) is 10.6. The van der Waals surface area contributed by atoms with Gasteiger partial charge in [0, 0.05) is 13.1 Å². The lowest BCUT2D eigenvalue weighted by molar-refractivity contribution is 0.137. The molecule has 1 saturated heterocycles. The van der Waals surface area contributed by atoms with Crippen molar-refractivity contribution in [3.8, 4) is 0 Å². The van der Waals surface area contributed by atoms with E-state index in [2.05, 4.69) is 15.4 Å². The molecular weight excluding hydrogens is 148 g/mol. The molecule has 1 rings (SSSR count). The monoisotopic (exact) mass is 160 g/mol. The zero-order valence-electron chi connectivity index (χ0n) is 6.33. The second-order valence-electron chi connectivity index (χ2n) is 2.47. The Balaban J connectivity index is 2.30. The van der Waals surface area contributed by atoms with Crippen LogP contribution in [-0.2, 0) is 4.74 Å². The summed E-state index contributed by atoms with van der Waals surface area (Å²) in [5.41, 5.74) is 0. The molecule has 0 bridgehead atoms. The minimum atomic E-state index is -0.505. The maximum atomic E-state index is 10.6. The summed E-state index contributed by atoms with van der Waals surface area (Å²) < 4.78 is 4.37. The summed E-state index contributed by atoms with van der Waals surface area (Å²) in [5, 5.41) is 14.6. The normalized spacial score (nSPS) is 30.0. The first-order valence-electron chi connectivity index (χ1n) is 3.47. The van der Waals surface area contributed by atoms with Gasteiger partial charge in [-0.1, -0.05) is 0 Å². The average Bonchev–Trinajstić information content (AvgIpc) is 2.37. The van der Waals surface area contributed by atoms with Gasteiger partial charge in [-0.2, -0.15) is 0 Å². The van der Waals surface area contributed by atoms with Crippen molar-refractivity contribution in [3.05, 3.63) is 0 Å². The van der Waals surface area contributed by atoms with E-state index >= 15 is 0 Å². The van der Waals surface area contributed by atoms with E-state index in [0.29, 0.717) is 13.1 Å². The number of carbonyl (C=O) groups is 1. The fourth-order valence-corrected chi connectivity index (χ4v) is 1.02. The molecule has 1 aliphatic rings. The van der Waals surface area contributed by atoms with Crippen molar-refractivity contribution in [1.82, 2.24) is 10.6 Å². The third kappa shape index (κ3) is 2.06. The second-order valence-corrected chi connectivity index (χ2v) is 2.47. The summed E-state index contributed by atoms with van der Waals surface area (Å²) in [5.74, 6) is 0. The van der Waals surface area contributed by atoms with Crippen molar-refractivity contribution in [1.29, 1.82) is 0 Å². The van der Waals surface area contributed by atoms with Gasteiger partial charge in [-0.3, -0.25) is 0 Å². The summed E-state index contributed by atoms with van der Waals surface area (Å²) in [6.07, 6.45) is -1.01. The standard InChI is InChI=1S/C6H12N2O3/c1-11-6(10)8-4-2-7-3-5(4)9/h4-5,7,9H,2-3H2,1H3,(H,8,10)/t4-,5-/m1/s1. The molecule has 2 atom stereocenters. The Morgan fingerprint density at radius 1 is 1.73 bits per heavy atom. The van der Waals surface area contributed by atoms with Crippen molar-refractivity contribution in [3.63, 3.8) is 0 Å². The molecule has 1 fully saturated rings. The van der Waals surface area contributed by atoms with Gasteiger partial charge in [-0.15, -0.1) is 0 Å². The number of hydrogen-bond acceptors (Lipinski definition) is 4. The number of methoxy groups -OCH3 is 1. The van der Waals surface area contributed by atoms with Crippen LogP contribution in [0.3, 0.4) is 0 Å². The van der Waals surface area contributed by atoms with Crippen molar-refractivity contribution in [2.45, 2.75) is 12.1 Å². The van der Waals surface area contributed by atoms with Crippen LogP contribution in [0.5, 0.6) is 0 Å². The van der Waals surface area contributed by atoms with E-state index < -0.39 is 12.2 Å². The van der Waals surface area contributed by atoms with Crippen LogP contribution in [0, 0.1) is 0 Å². The van der Waals surface area contributed by atoms with Gasteiger partial charge in [0.1, 0.15) is 0 Å². The van der Waals surface area contributed by atoms with Gasteiger partial charge in [-0.05, 0) is 0 Å². The van der Waals surface area contributed by atoms with Crippen LogP contribution in [0.25, 0.3) is 0 Å². The molecule has 1 amide bonds. The molecule has 0 aromatic carbocycles. The first-order chi connectivity index (χ1) is 5.24. The predicted octanol–water partition coefficient (Wildman–Crippen LogP) is -1.32. The van der Waals surface area contributed by atoms with Crippen LogP contribution < -0.4 is 10.6 Å². The van der Waals surface area contributed by atoms with Crippen molar-refractivity contribution >= 4 is 6.09 Å². The summed E-state index contributed by atoms with van der Waals surface area (Å²) in [6, 6.07) is -0.220. The van der Waals surface area contributed by atoms with E-state index in [1.54, 1.807) is 0 Å². The van der Waals surface area contributed by atoms with Crippen molar-refractivity contribution in [2.75, 3.05) is 20.2 Å². The average molecular weight is 160 g/mol. The molecule has 1 heterocycles. The number of aliphatic hydroxyl groups excluding tert-OH is 1. The van der Waals surface area contributed by atoms with Crippen molar-refractivity contribution < 1.29 is 14.6 Å². The van der Waals surface area contributed by atoms with Crippen LogP contribution in [0.2, 0.25) is 0 Å². The van der Waals surface area contributed by atoms with E-state index in [1.165, 1.54) is 7.11 Å². The smallest absolute Gasteiger partial charge is 0.407 e. The fraction of sp³-hybridized carbons (Fsp3) is 0.833. The quantitative estimate of drug-likeness (QED) is 0.444. The minimum absolute atomic E-state index is 0.220. The van der Waals surface area contributed by atoms with E-state index in [4.69, 9.17) is 0 Å². The van der Waals surface area contributed by atoms with Gasteiger partial charge < -0.3 is 20.5 Å². The van der Waals surface area contributed by atoms with Gasteiger partial charge in [0.25, 0.3) is 0 Å². The molecule has 0 unspecified atom stereocenters. The number of ether oxygens (including phenoxy) is 1. The minimum Gasteiger partial charge on any atom is -0.453 e. The maximum Gasteiger partial charge on any atom is 0.407 e. The van der Waals surface area contributed by atoms with Gasteiger partial charge in [0.15, 0.2) is 0 Å². The molecule has 0 saturated carbocycles. The highest BCUT2D eigenvalue weighted by Gasteiger charge is 2.26. The predicted molar refractivity (Wildman–Crippen MR) is 38.2 cm³/mol. The number of nitrogens with one attached hydrogen (secondary N) is 2. The van der Waals surface area contributed by atoms with Gasteiger partial charge in [0.05, 0.1) is 19.3 Å². The molecule has 0 spiro atoms. The Hall–Kier alpha value is -0.810. The highest BCUT2D eigenvalue weighted by Crippen LogP contribution is 1.98. The molecule has 0 radical (unpaired) electrons. The van der Waals surface area contributed by atoms with Crippen LogP contribution in [0.15, 0.2) is 0 Å². The number of carbonyl (C=O) groups excluding carboxylic acids is 1. The summed E-state index contributed by atoms with van der Waals surface area (Å²) in [7, 11) is 1.30. The van der Waals surface area contributed by atoms with Crippen LogP contribution >= 0.6 is 0 Å². The number of β-amino-alcohol motifs (C(OH)–C–C–N with tert-alkyl or cyclic N) is 1. The van der Waals surface area contributed by atoms with Crippen LogP contribution in [-0.4, -0.2) is 43.5 Å². The topological polar surface area (TPSA) is 70.6 Å². The number of rotatable bonds is 1. The van der Waals surface area contributed by atoms with E-state index in [0.717, 1.165) is 0 Å². The number of hydrogen-bond donors (Lipinski definition) is 3. The molecule has 0 aromatic heterocycles. The van der Waals surface area contributed by atoms with Gasteiger partial charge >= 0.3 is 6.09 Å². The van der Waals surface area contributed by atoms with E-state index in [-0.39, 0.29) is 6.04 Å². The van der Waals surface area contributed by atoms with E-state index in [1.807, 2.05) is 0 Å². The Labute approximate surface area is 64.7 Å². The number of aliphatic hydroxyl groups is 1. The summed E-state index contributed by atoms with van der Waals surface area (Å²) >= 11 is 0. The lowest BCUT2D eigenvalue weighted by Crippen LogP contribution is -2.42. The third-order valence-corrected chi connectivity index (χ3v) is 1.67. The second kappa shape index (κ2) is 3.54. The fourth-order valence-electron chi connectivity index (χ4n) is 1.02. The highest BCUT2D eigenvalue weighted by atomic mass is 16.5. The lowest BCUT2D eigenvalue weighted by atomic mass is 10.2. The number of alkyl carbamates (subject to hydrolysis) is 1. The summed E-state index contributed by atoms with van der Waals surface area (Å²) in [6.45, 7) is 1.12. The molecule has 5 heteroatoms. The van der Waals surface area contributed by atoms with Gasteiger partial charge in [0.2, 0.25) is 0 Å². The van der Waals surface area contributed by atoms with Crippen molar-refractivity contribution in [2.24, 2.45) is 0 Å². The first-order valence-corrected chi connectivity index (χ1v) is 3.47. The SMILES string of the molecule is COC(=O)N[C@@H]1CNC[C@H]1O. The molecule has 1 aliphatic heterocycles. The highest BCUT2D eigenvalue weighted by molar-refractivity contribution is 5.67. The largest absolute Gasteiger partial charge is 0.453 e. The zero-order valence-corrected chi connectivity index (χ0v) is 6.33. The third-order valence-electron chi connectivity index (χ3n) is 1.67. The molecule has 3 N–H and O–H groups in total. The molecule has 5 nitrogen and oxygen atoms in total. The Bertz CT molecular complexity index is 151. The van der Waals surface area contributed by atoms with Crippen LogP contribution in [0.1, 0.15) is 0 Å². The molecule has 0 aliphatic carbocycles. The van der Waals surface area contributed by atoms with Gasteiger partial charge in [-0.25, -0.2) is 4.79 Å². The zero-order chi connectivity index (χ0) is 8.27. The Morgan fingerprint density at radius 2 is 2.45 bits per heavy atom. The molecule has 64 valence electrons. The lowest BCUT2D eigenvalue weighted by Gasteiger charge is -2.13. The molecular formula is C6H12N2O3. The first kappa shape index (κ1) is 8.29.